The fourth-order valence-corrected chi connectivity index (χ4v) is 1.31. The Balaban J connectivity index is 2.90. The number of benzene rings is 1. The molecule has 0 bridgehead atoms. The van der Waals surface area contributed by atoms with Crippen LogP contribution in [0.2, 0.25) is 0 Å². The number of allylic oxidation sites excluding steroid dienone is 1. The summed E-state index contributed by atoms with van der Waals surface area (Å²) in [7, 11) is 1.44. The SMILES string of the molecule is COC(C)C(N)=CC(=O)c1ccc(C(F)(F)F)cc1. The third-order valence-electron chi connectivity index (χ3n) is 2.62. The van der Waals surface area contributed by atoms with Crippen LogP contribution in [0, 0.1) is 0 Å². The summed E-state index contributed by atoms with van der Waals surface area (Å²) in [5.41, 5.74) is 5.15. The van der Waals surface area contributed by atoms with E-state index in [1.54, 1.807) is 6.92 Å². The van der Waals surface area contributed by atoms with Crippen molar-refractivity contribution in [1.82, 2.24) is 0 Å². The molecule has 0 aliphatic rings. The molecule has 0 saturated carbocycles. The zero-order chi connectivity index (χ0) is 14.6. The number of nitrogens with two attached hydrogens (primary N) is 1. The number of rotatable bonds is 4. The number of halogens is 3. The Labute approximate surface area is 108 Å². The van der Waals surface area contributed by atoms with Gasteiger partial charge in [0.05, 0.1) is 11.7 Å². The molecule has 6 heteroatoms. The first kappa shape index (κ1) is 15.2. The van der Waals surface area contributed by atoms with Gasteiger partial charge >= 0.3 is 6.18 Å². The molecular formula is C13H14F3NO2. The number of methoxy groups -OCH3 is 1. The molecule has 1 aromatic carbocycles. The van der Waals surface area contributed by atoms with Crippen molar-refractivity contribution in [2.45, 2.75) is 19.2 Å². The van der Waals surface area contributed by atoms with Gasteiger partial charge in [-0.25, -0.2) is 0 Å². The number of hydrogen-bond donors (Lipinski definition) is 1. The Hall–Kier alpha value is -1.82. The predicted octanol–water partition coefficient (Wildman–Crippen LogP) is 2.77. The molecule has 0 aromatic heterocycles. The maximum absolute atomic E-state index is 12.3. The van der Waals surface area contributed by atoms with Crippen molar-refractivity contribution in [2.24, 2.45) is 5.73 Å². The van der Waals surface area contributed by atoms with Gasteiger partial charge in [0.15, 0.2) is 5.78 Å². The van der Waals surface area contributed by atoms with Crippen molar-refractivity contribution >= 4 is 5.78 Å². The molecule has 0 fully saturated rings. The van der Waals surface area contributed by atoms with E-state index in [1.807, 2.05) is 0 Å². The molecule has 1 atom stereocenters. The van der Waals surface area contributed by atoms with Gasteiger partial charge in [-0.15, -0.1) is 0 Å². The molecule has 0 aliphatic carbocycles. The fourth-order valence-electron chi connectivity index (χ4n) is 1.31. The number of alkyl halides is 3. The van der Waals surface area contributed by atoms with E-state index in [-0.39, 0.29) is 11.3 Å². The van der Waals surface area contributed by atoms with E-state index >= 15 is 0 Å². The second-order valence-electron chi connectivity index (χ2n) is 3.96. The molecule has 0 amide bonds. The lowest BCUT2D eigenvalue weighted by Gasteiger charge is -2.09. The molecule has 1 rings (SSSR count). The Morgan fingerprint density at radius 2 is 1.84 bits per heavy atom. The maximum atomic E-state index is 12.3. The summed E-state index contributed by atoms with van der Waals surface area (Å²) in [5, 5.41) is 0. The van der Waals surface area contributed by atoms with Gasteiger partial charge in [0, 0.05) is 24.4 Å². The van der Waals surface area contributed by atoms with Crippen LogP contribution in [0.3, 0.4) is 0 Å². The zero-order valence-electron chi connectivity index (χ0n) is 10.5. The fraction of sp³-hybridized carbons (Fsp3) is 0.308. The number of carbonyl (C=O) groups excluding carboxylic acids is 1. The van der Waals surface area contributed by atoms with Crippen molar-refractivity contribution in [3.05, 3.63) is 47.2 Å². The Bertz CT molecular complexity index is 478. The molecule has 104 valence electrons. The smallest absolute Gasteiger partial charge is 0.400 e. The molecule has 19 heavy (non-hydrogen) atoms. The zero-order valence-corrected chi connectivity index (χ0v) is 10.5. The third kappa shape index (κ3) is 4.10. The van der Waals surface area contributed by atoms with Crippen LogP contribution in [0.15, 0.2) is 36.0 Å². The number of hydrogen-bond acceptors (Lipinski definition) is 3. The van der Waals surface area contributed by atoms with Crippen LogP contribution in [0.4, 0.5) is 13.2 Å². The van der Waals surface area contributed by atoms with Crippen LogP contribution in [-0.4, -0.2) is 19.0 Å². The van der Waals surface area contributed by atoms with Gasteiger partial charge in [0.2, 0.25) is 0 Å². The van der Waals surface area contributed by atoms with E-state index < -0.39 is 23.6 Å². The largest absolute Gasteiger partial charge is 0.416 e. The first-order chi connectivity index (χ1) is 8.75. The number of ether oxygens (including phenoxy) is 1. The minimum absolute atomic E-state index is 0.138. The van der Waals surface area contributed by atoms with Crippen molar-refractivity contribution in [3.8, 4) is 0 Å². The minimum atomic E-state index is -4.42. The number of carbonyl (C=O) groups is 1. The molecule has 0 saturated heterocycles. The highest BCUT2D eigenvalue weighted by molar-refractivity contribution is 6.04. The van der Waals surface area contributed by atoms with Crippen LogP contribution < -0.4 is 5.73 Å². The van der Waals surface area contributed by atoms with Crippen LogP contribution in [0.1, 0.15) is 22.8 Å². The van der Waals surface area contributed by atoms with Crippen molar-refractivity contribution in [3.63, 3.8) is 0 Å². The summed E-state index contributed by atoms with van der Waals surface area (Å²) in [5.74, 6) is -0.463. The lowest BCUT2D eigenvalue weighted by Crippen LogP contribution is -2.17. The van der Waals surface area contributed by atoms with Gasteiger partial charge in [-0.1, -0.05) is 12.1 Å². The highest BCUT2D eigenvalue weighted by Gasteiger charge is 2.30. The van der Waals surface area contributed by atoms with E-state index in [2.05, 4.69) is 0 Å². The topological polar surface area (TPSA) is 52.3 Å². The lowest BCUT2D eigenvalue weighted by molar-refractivity contribution is -0.137. The third-order valence-corrected chi connectivity index (χ3v) is 2.62. The molecule has 1 unspecified atom stereocenters. The van der Waals surface area contributed by atoms with Crippen molar-refractivity contribution in [1.29, 1.82) is 0 Å². The summed E-state index contributed by atoms with van der Waals surface area (Å²) >= 11 is 0. The van der Waals surface area contributed by atoms with E-state index in [9.17, 15) is 18.0 Å². The van der Waals surface area contributed by atoms with Crippen molar-refractivity contribution < 1.29 is 22.7 Å². The average molecular weight is 273 g/mol. The standard InChI is InChI=1S/C13H14F3NO2/c1-8(19-2)11(17)7-12(18)9-3-5-10(6-4-9)13(14,15)16/h3-8H,17H2,1-2H3. The predicted molar refractivity (Wildman–Crippen MR) is 64.5 cm³/mol. The summed E-state index contributed by atoms with van der Waals surface area (Å²) in [4.78, 5) is 11.7. The van der Waals surface area contributed by atoms with Crippen LogP contribution in [0.25, 0.3) is 0 Å². The van der Waals surface area contributed by atoms with Gasteiger partial charge in [-0.2, -0.15) is 13.2 Å². The summed E-state index contributed by atoms with van der Waals surface area (Å²) in [6.45, 7) is 1.66. The van der Waals surface area contributed by atoms with E-state index in [1.165, 1.54) is 7.11 Å². The van der Waals surface area contributed by atoms with Crippen LogP contribution in [0.5, 0.6) is 0 Å². The molecule has 0 radical (unpaired) electrons. The Kier molecular flexibility index (Phi) is 4.72. The van der Waals surface area contributed by atoms with Gasteiger partial charge in [-0.05, 0) is 19.1 Å². The van der Waals surface area contributed by atoms with Crippen molar-refractivity contribution in [2.75, 3.05) is 7.11 Å². The Morgan fingerprint density at radius 3 is 2.26 bits per heavy atom. The summed E-state index contributed by atoms with van der Waals surface area (Å²) < 4.78 is 42.0. The average Bonchev–Trinajstić information content (AvgIpc) is 2.36. The molecule has 3 nitrogen and oxygen atoms in total. The quantitative estimate of drug-likeness (QED) is 0.678. The first-order valence-electron chi connectivity index (χ1n) is 5.47. The highest BCUT2D eigenvalue weighted by atomic mass is 19.4. The monoisotopic (exact) mass is 273 g/mol. The molecular weight excluding hydrogens is 259 g/mol. The highest BCUT2D eigenvalue weighted by Crippen LogP contribution is 2.29. The molecule has 2 N–H and O–H groups in total. The van der Waals surface area contributed by atoms with E-state index in [4.69, 9.17) is 10.5 Å². The summed E-state index contributed by atoms with van der Waals surface area (Å²) in [6.07, 6.45) is -3.70. The minimum Gasteiger partial charge on any atom is -0.400 e. The first-order valence-corrected chi connectivity index (χ1v) is 5.47. The van der Waals surface area contributed by atoms with E-state index in [0.717, 1.165) is 30.3 Å². The van der Waals surface area contributed by atoms with Gasteiger partial charge in [-0.3, -0.25) is 4.79 Å². The van der Waals surface area contributed by atoms with Gasteiger partial charge in [0.1, 0.15) is 0 Å². The molecule has 0 spiro atoms. The molecule has 0 aliphatic heterocycles. The number of ketones is 1. The summed E-state index contributed by atoms with van der Waals surface area (Å²) in [6, 6.07) is 3.95. The molecule has 0 heterocycles. The normalized spacial score (nSPS) is 14.3. The lowest BCUT2D eigenvalue weighted by atomic mass is 10.1. The maximum Gasteiger partial charge on any atom is 0.416 e. The Morgan fingerprint density at radius 1 is 1.32 bits per heavy atom. The second-order valence-corrected chi connectivity index (χ2v) is 3.96. The van der Waals surface area contributed by atoms with Gasteiger partial charge in [0.25, 0.3) is 0 Å². The molecule has 1 aromatic rings. The van der Waals surface area contributed by atoms with Gasteiger partial charge < -0.3 is 10.5 Å². The van der Waals surface area contributed by atoms with E-state index in [0.29, 0.717) is 0 Å². The second kappa shape index (κ2) is 5.88. The van der Waals surface area contributed by atoms with Crippen LogP contribution >= 0.6 is 0 Å². The van der Waals surface area contributed by atoms with Crippen LogP contribution in [-0.2, 0) is 10.9 Å².